The van der Waals surface area contributed by atoms with E-state index in [0.29, 0.717) is 29.4 Å². The van der Waals surface area contributed by atoms with Gasteiger partial charge in [0.05, 0.1) is 10.6 Å². The summed E-state index contributed by atoms with van der Waals surface area (Å²) in [5.41, 5.74) is 6.37. The molecule has 1 atom stereocenters. The second-order valence-corrected chi connectivity index (χ2v) is 7.81. The number of nitrogens with two attached hydrogens (primary N) is 1. The Kier molecular flexibility index (Phi) is 8.18. The predicted octanol–water partition coefficient (Wildman–Crippen LogP) is 3.64. The zero-order valence-corrected chi connectivity index (χ0v) is 17.0. The van der Waals surface area contributed by atoms with E-state index < -0.39 is 0 Å². The van der Waals surface area contributed by atoms with E-state index in [1.165, 1.54) is 0 Å². The van der Waals surface area contributed by atoms with Crippen molar-refractivity contribution in [3.8, 4) is 0 Å². The quantitative estimate of drug-likeness (QED) is 0.720. The molecule has 1 aliphatic heterocycles. The van der Waals surface area contributed by atoms with Crippen LogP contribution in [0.2, 0.25) is 5.02 Å². The molecule has 0 saturated carbocycles. The number of carbonyl (C=O) groups is 2. The Morgan fingerprint density at radius 3 is 2.62 bits per heavy atom. The van der Waals surface area contributed by atoms with Crippen molar-refractivity contribution in [3.63, 3.8) is 0 Å². The molecule has 0 aromatic heterocycles. The summed E-state index contributed by atoms with van der Waals surface area (Å²) in [6.45, 7) is 6.81. The summed E-state index contributed by atoms with van der Waals surface area (Å²) in [5, 5.41) is 5.93. The van der Waals surface area contributed by atoms with Crippen LogP contribution in [0.4, 0.5) is 10.5 Å². The van der Waals surface area contributed by atoms with Gasteiger partial charge in [-0.05, 0) is 58.2 Å². The third-order valence-corrected chi connectivity index (χ3v) is 4.43. The van der Waals surface area contributed by atoms with Crippen molar-refractivity contribution < 1.29 is 9.59 Å². The molecule has 0 bridgehead atoms. The maximum absolute atomic E-state index is 12.9. The Balaban J connectivity index is 0.00000338. The maximum Gasteiger partial charge on any atom is 0.319 e. The lowest BCUT2D eigenvalue weighted by Crippen LogP contribution is -2.47. The van der Waals surface area contributed by atoms with Crippen molar-refractivity contribution in [2.45, 2.75) is 51.6 Å². The van der Waals surface area contributed by atoms with Gasteiger partial charge in [-0.15, -0.1) is 12.4 Å². The Morgan fingerprint density at radius 1 is 1.31 bits per heavy atom. The van der Waals surface area contributed by atoms with E-state index in [1.54, 1.807) is 23.1 Å². The molecule has 0 aliphatic carbocycles. The molecule has 0 radical (unpaired) electrons. The fourth-order valence-corrected chi connectivity index (χ4v) is 3.14. The van der Waals surface area contributed by atoms with E-state index in [1.807, 2.05) is 20.8 Å². The highest BCUT2D eigenvalue weighted by Crippen LogP contribution is 2.25. The molecule has 8 heteroatoms. The summed E-state index contributed by atoms with van der Waals surface area (Å²) in [6, 6.07) is 4.64. The average Bonchev–Trinajstić information content (AvgIpc) is 2.54. The third-order valence-electron chi connectivity index (χ3n) is 4.10. The molecule has 4 N–H and O–H groups in total. The van der Waals surface area contributed by atoms with Crippen molar-refractivity contribution >= 4 is 41.6 Å². The molecule has 1 saturated heterocycles. The van der Waals surface area contributed by atoms with Gasteiger partial charge in [0.25, 0.3) is 5.91 Å². The van der Waals surface area contributed by atoms with Crippen LogP contribution >= 0.6 is 24.0 Å². The minimum atomic E-state index is -0.350. The first-order valence-electron chi connectivity index (χ1n) is 8.61. The number of benzene rings is 1. The van der Waals surface area contributed by atoms with Crippen LogP contribution in [0.15, 0.2) is 18.2 Å². The van der Waals surface area contributed by atoms with Crippen LogP contribution < -0.4 is 16.4 Å². The lowest BCUT2D eigenvalue weighted by Gasteiger charge is -2.35. The summed E-state index contributed by atoms with van der Waals surface area (Å²) >= 11 is 6.24. The van der Waals surface area contributed by atoms with Crippen LogP contribution in [0.5, 0.6) is 0 Å². The zero-order valence-electron chi connectivity index (χ0n) is 15.5. The van der Waals surface area contributed by atoms with E-state index in [-0.39, 0.29) is 35.9 Å². The number of carbonyl (C=O) groups excluding carboxylic acids is 2. The molecule has 1 aliphatic rings. The molecule has 146 valence electrons. The van der Waals surface area contributed by atoms with Gasteiger partial charge in [-0.2, -0.15) is 0 Å². The number of nitrogens with zero attached hydrogens (tertiary/aromatic N) is 1. The highest BCUT2D eigenvalue weighted by atomic mass is 35.5. The van der Waals surface area contributed by atoms with E-state index in [4.69, 9.17) is 17.3 Å². The summed E-state index contributed by atoms with van der Waals surface area (Å²) in [4.78, 5) is 26.7. The smallest absolute Gasteiger partial charge is 0.319 e. The first kappa shape index (κ1) is 22.5. The number of anilines is 1. The van der Waals surface area contributed by atoms with Crippen LogP contribution in [0.3, 0.4) is 0 Å². The van der Waals surface area contributed by atoms with Crippen LogP contribution in [0.1, 0.15) is 50.4 Å². The van der Waals surface area contributed by atoms with E-state index in [2.05, 4.69) is 10.6 Å². The Labute approximate surface area is 166 Å². The van der Waals surface area contributed by atoms with Gasteiger partial charge in [-0.3, -0.25) is 4.79 Å². The molecule has 26 heavy (non-hydrogen) atoms. The van der Waals surface area contributed by atoms with Crippen molar-refractivity contribution in [1.82, 2.24) is 10.2 Å². The van der Waals surface area contributed by atoms with Crippen LogP contribution in [0.25, 0.3) is 0 Å². The Morgan fingerprint density at radius 2 is 2.00 bits per heavy atom. The molecule has 1 heterocycles. The van der Waals surface area contributed by atoms with Crippen molar-refractivity contribution in [3.05, 3.63) is 28.8 Å². The predicted molar refractivity (Wildman–Crippen MR) is 108 cm³/mol. The van der Waals surface area contributed by atoms with E-state index in [9.17, 15) is 9.59 Å². The molecule has 2 rings (SSSR count). The van der Waals surface area contributed by atoms with Crippen LogP contribution in [-0.4, -0.2) is 41.5 Å². The normalized spacial score (nSPS) is 17.3. The topological polar surface area (TPSA) is 87.5 Å². The lowest BCUT2D eigenvalue weighted by molar-refractivity contribution is 0.0623. The van der Waals surface area contributed by atoms with Crippen molar-refractivity contribution in [2.75, 3.05) is 18.4 Å². The lowest BCUT2D eigenvalue weighted by atomic mass is 10.0. The van der Waals surface area contributed by atoms with Crippen molar-refractivity contribution in [2.24, 2.45) is 5.73 Å². The molecule has 1 fully saturated rings. The fourth-order valence-electron chi connectivity index (χ4n) is 2.94. The molecular formula is C18H28Cl2N4O2. The fraction of sp³-hybridized carbons (Fsp3) is 0.556. The number of rotatable bonds is 3. The Bertz CT molecular complexity index is 647. The number of amides is 3. The number of hydrogen-bond acceptors (Lipinski definition) is 3. The standard InChI is InChI=1S/C18H27ClN4O2.ClH/c1-18(2,3)22-17(25)21-12-7-8-15(19)14(10-12)16(24)23-9-5-4-6-13(23)11-20;/h7-8,10,13H,4-6,9,11,20H2,1-3H3,(H2,21,22,25);1H. The number of urea groups is 1. The molecule has 6 nitrogen and oxygen atoms in total. The maximum atomic E-state index is 12.9. The minimum Gasteiger partial charge on any atom is -0.334 e. The Hall–Kier alpha value is -1.50. The summed E-state index contributed by atoms with van der Waals surface area (Å²) in [6.07, 6.45) is 2.95. The summed E-state index contributed by atoms with van der Waals surface area (Å²) in [5.74, 6) is -0.139. The second-order valence-electron chi connectivity index (χ2n) is 7.41. The number of halogens is 2. The first-order valence-corrected chi connectivity index (χ1v) is 8.99. The third kappa shape index (κ3) is 6.04. The number of hydrogen-bond donors (Lipinski definition) is 3. The van der Waals surface area contributed by atoms with E-state index in [0.717, 1.165) is 19.3 Å². The number of piperidine rings is 1. The van der Waals surface area contributed by atoms with Crippen LogP contribution in [0, 0.1) is 0 Å². The van der Waals surface area contributed by atoms with Gasteiger partial charge in [0.2, 0.25) is 0 Å². The SMILES string of the molecule is CC(C)(C)NC(=O)Nc1ccc(Cl)c(C(=O)N2CCCCC2CN)c1.Cl. The molecule has 1 aromatic rings. The number of nitrogens with one attached hydrogen (secondary N) is 2. The summed E-state index contributed by atoms with van der Waals surface area (Å²) in [7, 11) is 0. The van der Waals surface area contributed by atoms with Gasteiger partial charge in [-0.1, -0.05) is 11.6 Å². The average molecular weight is 403 g/mol. The van der Waals surface area contributed by atoms with Gasteiger partial charge in [0.1, 0.15) is 0 Å². The number of likely N-dealkylation sites (tertiary alicyclic amines) is 1. The highest BCUT2D eigenvalue weighted by molar-refractivity contribution is 6.34. The van der Waals surface area contributed by atoms with Gasteiger partial charge in [-0.25, -0.2) is 4.79 Å². The highest BCUT2D eigenvalue weighted by Gasteiger charge is 2.28. The largest absolute Gasteiger partial charge is 0.334 e. The van der Waals surface area contributed by atoms with E-state index >= 15 is 0 Å². The van der Waals surface area contributed by atoms with Crippen molar-refractivity contribution in [1.29, 1.82) is 0 Å². The van der Waals surface area contributed by atoms with Gasteiger partial charge in [0, 0.05) is 30.4 Å². The molecule has 1 unspecified atom stereocenters. The molecular weight excluding hydrogens is 375 g/mol. The second kappa shape index (κ2) is 9.44. The monoisotopic (exact) mass is 402 g/mol. The molecule has 1 aromatic carbocycles. The van der Waals surface area contributed by atoms with Gasteiger partial charge < -0.3 is 21.3 Å². The zero-order chi connectivity index (χ0) is 18.6. The van der Waals surface area contributed by atoms with Gasteiger partial charge >= 0.3 is 6.03 Å². The molecule has 0 spiro atoms. The minimum absolute atomic E-state index is 0. The first-order chi connectivity index (χ1) is 11.7. The summed E-state index contributed by atoms with van der Waals surface area (Å²) < 4.78 is 0. The molecule has 3 amide bonds. The van der Waals surface area contributed by atoms with Gasteiger partial charge in [0.15, 0.2) is 0 Å². The van der Waals surface area contributed by atoms with Crippen LogP contribution in [-0.2, 0) is 0 Å².